The first-order valence-corrected chi connectivity index (χ1v) is 6.29. The zero-order valence-electron chi connectivity index (χ0n) is 10.3. The first-order chi connectivity index (χ1) is 8.79. The quantitative estimate of drug-likeness (QED) is 0.746. The normalized spacial score (nSPS) is 12.9. The number of carbonyl (C=O) groups excluding carboxylic acids is 1. The van der Waals surface area contributed by atoms with Gasteiger partial charge in [-0.25, -0.2) is 0 Å². The van der Waals surface area contributed by atoms with Gasteiger partial charge in [0.15, 0.2) is 0 Å². The average molecular weight is 243 g/mol. The van der Waals surface area contributed by atoms with E-state index in [9.17, 15) is 4.79 Å². The van der Waals surface area contributed by atoms with E-state index in [2.05, 4.69) is 28.8 Å². The number of rotatable bonds is 6. The van der Waals surface area contributed by atoms with Gasteiger partial charge in [0.1, 0.15) is 0 Å². The van der Waals surface area contributed by atoms with Crippen molar-refractivity contribution < 1.29 is 4.79 Å². The van der Waals surface area contributed by atoms with Crippen molar-refractivity contribution in [3.63, 3.8) is 0 Å². The highest BCUT2D eigenvalue weighted by Crippen LogP contribution is 2.23. The number of nitriles is 1. The number of carbonyl (C=O) groups is 1. The second kappa shape index (κ2) is 6.18. The van der Waals surface area contributed by atoms with Gasteiger partial charge in [0.25, 0.3) is 0 Å². The smallest absolute Gasteiger partial charge is 0.228 e. The summed E-state index contributed by atoms with van der Waals surface area (Å²) in [7, 11) is 0. The first-order valence-electron chi connectivity index (χ1n) is 6.29. The lowest BCUT2D eigenvalue weighted by molar-refractivity contribution is -0.115. The predicted octanol–water partition coefficient (Wildman–Crippen LogP) is 1.62. The minimum atomic E-state index is 0.0804. The fraction of sp³-hybridized carbons (Fsp3) is 0.429. The van der Waals surface area contributed by atoms with Crippen LogP contribution in [0.4, 0.5) is 5.69 Å². The topological polar surface area (TPSA) is 64.9 Å². The van der Waals surface area contributed by atoms with Crippen LogP contribution in [0.1, 0.15) is 24.0 Å². The number of amides is 1. The molecule has 4 nitrogen and oxygen atoms in total. The summed E-state index contributed by atoms with van der Waals surface area (Å²) in [6, 6.07) is 8.27. The third kappa shape index (κ3) is 3.31. The van der Waals surface area contributed by atoms with E-state index in [1.165, 1.54) is 5.56 Å². The lowest BCUT2D eigenvalue weighted by Gasteiger charge is -2.05. The molecule has 0 unspecified atom stereocenters. The van der Waals surface area contributed by atoms with E-state index in [1.807, 2.05) is 6.07 Å². The Morgan fingerprint density at radius 2 is 2.28 bits per heavy atom. The molecule has 4 heteroatoms. The SMILES string of the molecule is N#CCCCNCCc1ccc2c(c1)CC(=O)N2. The van der Waals surface area contributed by atoms with E-state index in [1.54, 1.807) is 0 Å². The van der Waals surface area contributed by atoms with Crippen molar-refractivity contribution in [1.82, 2.24) is 5.32 Å². The summed E-state index contributed by atoms with van der Waals surface area (Å²) in [6.45, 7) is 1.80. The Labute approximate surface area is 107 Å². The third-order valence-corrected chi connectivity index (χ3v) is 3.03. The highest BCUT2D eigenvalue weighted by atomic mass is 16.1. The molecule has 2 N–H and O–H groups in total. The number of hydrogen-bond acceptors (Lipinski definition) is 3. The molecule has 18 heavy (non-hydrogen) atoms. The Hall–Kier alpha value is -1.86. The molecule has 0 bridgehead atoms. The van der Waals surface area contributed by atoms with Gasteiger partial charge >= 0.3 is 0 Å². The number of benzene rings is 1. The van der Waals surface area contributed by atoms with Crippen molar-refractivity contribution in [3.8, 4) is 6.07 Å². The highest BCUT2D eigenvalue weighted by Gasteiger charge is 2.16. The van der Waals surface area contributed by atoms with Crippen LogP contribution < -0.4 is 10.6 Å². The minimum absolute atomic E-state index is 0.0804. The summed E-state index contributed by atoms with van der Waals surface area (Å²) >= 11 is 0. The van der Waals surface area contributed by atoms with Crippen LogP contribution in [0.25, 0.3) is 0 Å². The van der Waals surface area contributed by atoms with Gasteiger partial charge in [0.05, 0.1) is 12.5 Å². The Kier molecular flexibility index (Phi) is 4.32. The van der Waals surface area contributed by atoms with Crippen molar-refractivity contribution in [3.05, 3.63) is 29.3 Å². The van der Waals surface area contributed by atoms with Crippen molar-refractivity contribution in [1.29, 1.82) is 5.26 Å². The van der Waals surface area contributed by atoms with Gasteiger partial charge in [-0.1, -0.05) is 12.1 Å². The van der Waals surface area contributed by atoms with Crippen molar-refractivity contribution in [2.45, 2.75) is 25.7 Å². The van der Waals surface area contributed by atoms with E-state index in [-0.39, 0.29) is 5.91 Å². The maximum Gasteiger partial charge on any atom is 0.228 e. The van der Waals surface area contributed by atoms with Gasteiger partial charge in [-0.15, -0.1) is 0 Å². The minimum Gasteiger partial charge on any atom is -0.326 e. The van der Waals surface area contributed by atoms with Gasteiger partial charge in [-0.05, 0) is 43.1 Å². The number of anilines is 1. The van der Waals surface area contributed by atoms with Crippen LogP contribution in [0.5, 0.6) is 0 Å². The largest absolute Gasteiger partial charge is 0.326 e. The number of unbranched alkanes of at least 4 members (excludes halogenated alkanes) is 1. The van der Waals surface area contributed by atoms with Crippen LogP contribution >= 0.6 is 0 Å². The molecule has 2 rings (SSSR count). The molecule has 1 aromatic carbocycles. The molecule has 1 heterocycles. The van der Waals surface area contributed by atoms with E-state index in [4.69, 9.17) is 5.26 Å². The average Bonchev–Trinajstić information content (AvgIpc) is 2.73. The summed E-state index contributed by atoms with van der Waals surface area (Å²) in [4.78, 5) is 11.2. The highest BCUT2D eigenvalue weighted by molar-refractivity contribution is 5.99. The lowest BCUT2D eigenvalue weighted by atomic mass is 10.1. The van der Waals surface area contributed by atoms with Gasteiger partial charge in [0.2, 0.25) is 5.91 Å². The van der Waals surface area contributed by atoms with Crippen LogP contribution in [0.15, 0.2) is 18.2 Å². The van der Waals surface area contributed by atoms with Crippen molar-refractivity contribution in [2.75, 3.05) is 18.4 Å². The van der Waals surface area contributed by atoms with E-state index in [0.717, 1.165) is 37.2 Å². The maximum atomic E-state index is 11.2. The molecule has 1 amide bonds. The molecule has 1 aliphatic heterocycles. The molecule has 0 saturated carbocycles. The Balaban J connectivity index is 1.76. The predicted molar refractivity (Wildman–Crippen MR) is 70.2 cm³/mol. The molecule has 0 atom stereocenters. The van der Waals surface area contributed by atoms with Gasteiger partial charge in [-0.2, -0.15) is 5.26 Å². The Bertz CT molecular complexity index is 476. The van der Waals surface area contributed by atoms with Crippen molar-refractivity contribution >= 4 is 11.6 Å². The van der Waals surface area contributed by atoms with Crippen LogP contribution in [0, 0.1) is 11.3 Å². The summed E-state index contributed by atoms with van der Waals surface area (Å²) in [5.74, 6) is 0.0804. The number of nitrogens with zero attached hydrogens (tertiary/aromatic N) is 1. The first kappa shape index (κ1) is 12.6. The maximum absolute atomic E-state index is 11.2. The Morgan fingerprint density at radius 3 is 3.11 bits per heavy atom. The molecule has 1 aliphatic rings. The second-order valence-corrected chi connectivity index (χ2v) is 4.48. The van der Waals surface area contributed by atoms with E-state index >= 15 is 0 Å². The zero-order chi connectivity index (χ0) is 12.8. The van der Waals surface area contributed by atoms with Gasteiger partial charge < -0.3 is 10.6 Å². The zero-order valence-corrected chi connectivity index (χ0v) is 10.3. The van der Waals surface area contributed by atoms with Crippen LogP contribution in [-0.4, -0.2) is 19.0 Å². The molecule has 0 saturated heterocycles. The molecule has 1 aromatic rings. The van der Waals surface area contributed by atoms with Crippen molar-refractivity contribution in [2.24, 2.45) is 0 Å². The summed E-state index contributed by atoms with van der Waals surface area (Å²) < 4.78 is 0. The molecule has 0 fully saturated rings. The molecule has 0 radical (unpaired) electrons. The molecule has 0 spiro atoms. The number of nitrogens with one attached hydrogen (secondary N) is 2. The molecular formula is C14H17N3O. The van der Waals surface area contributed by atoms with E-state index < -0.39 is 0 Å². The van der Waals surface area contributed by atoms with Gasteiger partial charge in [-0.3, -0.25) is 4.79 Å². The van der Waals surface area contributed by atoms with Gasteiger partial charge in [0, 0.05) is 12.1 Å². The molecular weight excluding hydrogens is 226 g/mol. The third-order valence-electron chi connectivity index (χ3n) is 3.03. The fourth-order valence-electron chi connectivity index (χ4n) is 2.09. The second-order valence-electron chi connectivity index (χ2n) is 4.48. The molecule has 0 aromatic heterocycles. The van der Waals surface area contributed by atoms with Crippen LogP contribution in [0.2, 0.25) is 0 Å². The monoisotopic (exact) mass is 243 g/mol. The summed E-state index contributed by atoms with van der Waals surface area (Å²) in [6.07, 6.45) is 2.96. The Morgan fingerprint density at radius 1 is 1.39 bits per heavy atom. The lowest BCUT2D eigenvalue weighted by Crippen LogP contribution is -2.18. The summed E-state index contributed by atoms with van der Waals surface area (Å²) in [5, 5.41) is 14.5. The van der Waals surface area contributed by atoms with Crippen LogP contribution in [0.3, 0.4) is 0 Å². The molecule has 0 aliphatic carbocycles. The number of hydrogen-bond donors (Lipinski definition) is 2. The standard InChI is InChI=1S/C14H17N3O/c15-6-1-2-7-16-8-5-11-3-4-13-12(9-11)10-14(18)17-13/h3-4,9,16H,1-2,5,7-8,10H2,(H,17,18). The molecule has 94 valence electrons. The fourth-order valence-corrected chi connectivity index (χ4v) is 2.09. The summed E-state index contributed by atoms with van der Waals surface area (Å²) in [5.41, 5.74) is 3.30. The van der Waals surface area contributed by atoms with E-state index in [0.29, 0.717) is 12.8 Å². The number of fused-ring (bicyclic) bond motifs is 1. The van der Waals surface area contributed by atoms with Crippen LogP contribution in [-0.2, 0) is 17.6 Å².